The van der Waals surface area contributed by atoms with Crippen LogP contribution in [0.3, 0.4) is 0 Å². The van der Waals surface area contributed by atoms with Crippen LogP contribution in [0.4, 0.5) is 23.0 Å². The van der Waals surface area contributed by atoms with Crippen LogP contribution in [0, 0.1) is 0 Å². The van der Waals surface area contributed by atoms with Gasteiger partial charge in [0.15, 0.2) is 0 Å². The van der Waals surface area contributed by atoms with E-state index in [1.807, 2.05) is 53.2 Å². The Hall–Kier alpha value is -3.67. The average Bonchev–Trinajstić information content (AvgIpc) is 3.30. The van der Waals surface area contributed by atoms with Crippen LogP contribution in [0.5, 0.6) is 0 Å². The number of aliphatic hydroxyl groups is 1. The minimum atomic E-state index is -3.39. The molecule has 0 amide bonds. The second-order valence-electron chi connectivity index (χ2n) is 9.14. The van der Waals surface area contributed by atoms with Gasteiger partial charge in [-0.15, -0.1) is 0 Å². The van der Waals surface area contributed by atoms with Gasteiger partial charge < -0.3 is 25.2 Å². The van der Waals surface area contributed by atoms with E-state index in [0.29, 0.717) is 18.2 Å². The zero-order valence-electron chi connectivity index (χ0n) is 20.9. The molecule has 0 saturated carbocycles. The number of anilines is 4. The molecule has 2 aromatic heterocycles. The lowest BCUT2D eigenvalue weighted by Gasteiger charge is -2.31. The number of benzene rings is 2. The summed E-state index contributed by atoms with van der Waals surface area (Å²) >= 11 is 0. The number of rotatable bonds is 8. The first-order valence-corrected chi connectivity index (χ1v) is 14.0. The maximum Gasteiger partial charge on any atom is 0.232 e. The Balaban J connectivity index is 1.41. The lowest BCUT2D eigenvalue weighted by molar-refractivity contribution is 0.282. The van der Waals surface area contributed by atoms with Crippen LogP contribution < -0.4 is 19.8 Å². The van der Waals surface area contributed by atoms with Crippen molar-refractivity contribution in [2.75, 3.05) is 54.0 Å². The molecular weight excluding hydrogens is 490 g/mol. The summed E-state index contributed by atoms with van der Waals surface area (Å²) in [5.41, 5.74) is 4.90. The van der Waals surface area contributed by atoms with Crippen LogP contribution in [0.25, 0.3) is 11.0 Å². The van der Waals surface area contributed by atoms with Gasteiger partial charge in [-0.05, 0) is 35.9 Å². The van der Waals surface area contributed by atoms with Gasteiger partial charge in [-0.25, -0.2) is 13.4 Å². The molecule has 4 aromatic rings. The predicted molar refractivity (Wildman–Crippen MR) is 147 cm³/mol. The molecule has 0 aliphatic carbocycles. The first-order chi connectivity index (χ1) is 17.8. The topological polar surface area (TPSA) is 116 Å². The first kappa shape index (κ1) is 25.0. The third-order valence-corrected chi connectivity index (χ3v) is 7.83. The molecule has 1 aliphatic heterocycles. The standard InChI is InChI=1S/C26H31N7O3S/c1-31(37(2,35)36)23-6-4-3-5-20(23)17-33-12-9-19-16-28-26(30-25(19)33)29-22-7-8-24(21(15-22)18-34)32-13-10-27-11-14-32/h3-9,12,15-16,27,34H,10-11,13-14,17-18H2,1-2H3,(H,28,29,30). The lowest BCUT2D eigenvalue weighted by atomic mass is 10.1. The largest absolute Gasteiger partial charge is 0.392 e. The molecule has 11 heteroatoms. The number of nitrogens with zero attached hydrogens (tertiary/aromatic N) is 5. The fourth-order valence-electron chi connectivity index (χ4n) is 4.61. The molecule has 10 nitrogen and oxygen atoms in total. The van der Waals surface area contributed by atoms with E-state index in [4.69, 9.17) is 4.98 Å². The van der Waals surface area contributed by atoms with Crippen molar-refractivity contribution in [3.63, 3.8) is 0 Å². The quantitative estimate of drug-likeness (QED) is 0.324. The van der Waals surface area contributed by atoms with Gasteiger partial charge in [0.2, 0.25) is 16.0 Å². The Bertz CT molecular complexity index is 1510. The van der Waals surface area contributed by atoms with Crippen LogP contribution in [-0.2, 0) is 23.2 Å². The Morgan fingerprint density at radius 1 is 1.11 bits per heavy atom. The first-order valence-electron chi connectivity index (χ1n) is 12.1. The second kappa shape index (κ2) is 10.4. The van der Waals surface area contributed by atoms with Crippen molar-refractivity contribution in [2.24, 2.45) is 0 Å². The number of nitrogens with one attached hydrogen (secondary N) is 2. The number of hydrogen-bond donors (Lipinski definition) is 3. The van der Waals surface area contributed by atoms with Gasteiger partial charge >= 0.3 is 0 Å². The van der Waals surface area contributed by atoms with E-state index in [9.17, 15) is 13.5 Å². The van der Waals surface area contributed by atoms with E-state index in [0.717, 1.165) is 59.7 Å². The molecule has 1 fully saturated rings. The fraction of sp³-hybridized carbons (Fsp3) is 0.308. The molecule has 0 unspecified atom stereocenters. The number of aliphatic hydroxyl groups excluding tert-OH is 1. The number of aromatic nitrogens is 3. The van der Waals surface area contributed by atoms with Gasteiger partial charge in [0.05, 0.1) is 25.1 Å². The summed E-state index contributed by atoms with van der Waals surface area (Å²) in [5.74, 6) is 0.438. The summed E-state index contributed by atoms with van der Waals surface area (Å²) in [6.45, 7) is 4.04. The highest BCUT2D eigenvalue weighted by Crippen LogP contribution is 2.27. The van der Waals surface area contributed by atoms with Crippen LogP contribution in [0.15, 0.2) is 60.9 Å². The van der Waals surface area contributed by atoms with Crippen molar-refractivity contribution in [1.82, 2.24) is 19.9 Å². The summed E-state index contributed by atoms with van der Waals surface area (Å²) in [6.07, 6.45) is 4.88. The maximum atomic E-state index is 12.1. The molecule has 0 spiro atoms. The SMILES string of the molecule is CN(c1ccccc1Cn1ccc2cnc(Nc3ccc(N4CCNCC4)c(CO)c3)nc21)S(C)(=O)=O. The highest BCUT2D eigenvalue weighted by molar-refractivity contribution is 7.92. The highest BCUT2D eigenvalue weighted by Gasteiger charge is 2.17. The summed E-state index contributed by atoms with van der Waals surface area (Å²) in [7, 11) is -1.84. The maximum absolute atomic E-state index is 12.1. The molecule has 3 heterocycles. The van der Waals surface area contributed by atoms with Crippen LogP contribution >= 0.6 is 0 Å². The lowest BCUT2D eigenvalue weighted by Crippen LogP contribution is -2.43. The Morgan fingerprint density at radius 2 is 1.89 bits per heavy atom. The van der Waals surface area contributed by atoms with Gasteiger partial charge in [0.1, 0.15) is 5.65 Å². The molecule has 1 saturated heterocycles. The summed E-state index contributed by atoms with van der Waals surface area (Å²) in [5, 5.41) is 17.5. The van der Waals surface area contributed by atoms with E-state index >= 15 is 0 Å². The summed E-state index contributed by atoms with van der Waals surface area (Å²) in [4.78, 5) is 11.5. The molecule has 0 radical (unpaired) electrons. The minimum absolute atomic E-state index is 0.0567. The van der Waals surface area contributed by atoms with Gasteiger partial charge in [-0.3, -0.25) is 4.31 Å². The van der Waals surface area contributed by atoms with E-state index < -0.39 is 10.0 Å². The van der Waals surface area contributed by atoms with Gasteiger partial charge in [-0.2, -0.15) is 4.98 Å². The van der Waals surface area contributed by atoms with Crippen molar-refractivity contribution in [3.8, 4) is 0 Å². The third-order valence-electron chi connectivity index (χ3n) is 6.63. The summed E-state index contributed by atoms with van der Waals surface area (Å²) in [6, 6.07) is 15.3. The van der Waals surface area contributed by atoms with Crippen molar-refractivity contribution < 1.29 is 13.5 Å². The molecule has 37 heavy (non-hydrogen) atoms. The summed E-state index contributed by atoms with van der Waals surface area (Å²) < 4.78 is 27.6. The minimum Gasteiger partial charge on any atom is -0.392 e. The van der Waals surface area contributed by atoms with Crippen LogP contribution in [-0.4, -0.2) is 67.5 Å². The third kappa shape index (κ3) is 5.38. The van der Waals surface area contributed by atoms with Gasteiger partial charge in [0.25, 0.3) is 0 Å². The smallest absolute Gasteiger partial charge is 0.232 e. The number of para-hydroxylation sites is 1. The molecule has 1 aliphatic rings. The van der Waals surface area contributed by atoms with Crippen molar-refractivity contribution in [1.29, 1.82) is 0 Å². The van der Waals surface area contributed by atoms with Crippen molar-refractivity contribution in [2.45, 2.75) is 13.2 Å². The van der Waals surface area contributed by atoms with Gasteiger partial charge in [0, 0.05) is 67.9 Å². The number of piperazine rings is 1. The van der Waals surface area contributed by atoms with Crippen LogP contribution in [0.1, 0.15) is 11.1 Å². The van der Waals surface area contributed by atoms with Crippen LogP contribution in [0.2, 0.25) is 0 Å². The molecule has 0 atom stereocenters. The molecule has 5 rings (SSSR count). The van der Waals surface area contributed by atoms with E-state index in [2.05, 4.69) is 20.5 Å². The van der Waals surface area contributed by atoms with E-state index in [-0.39, 0.29) is 6.61 Å². The zero-order valence-corrected chi connectivity index (χ0v) is 21.7. The second-order valence-corrected chi connectivity index (χ2v) is 11.2. The molecule has 2 aromatic carbocycles. The predicted octanol–water partition coefficient (Wildman–Crippen LogP) is 2.52. The van der Waals surface area contributed by atoms with Gasteiger partial charge in [-0.1, -0.05) is 18.2 Å². The number of hydrogen-bond acceptors (Lipinski definition) is 8. The fourth-order valence-corrected chi connectivity index (χ4v) is 5.14. The van der Waals surface area contributed by atoms with E-state index in [1.54, 1.807) is 19.3 Å². The molecule has 194 valence electrons. The van der Waals surface area contributed by atoms with Crippen molar-refractivity contribution >= 4 is 44.1 Å². The molecular formula is C26H31N7O3S. The zero-order chi connectivity index (χ0) is 26.0. The van der Waals surface area contributed by atoms with E-state index in [1.165, 1.54) is 10.6 Å². The monoisotopic (exact) mass is 521 g/mol. The molecule has 3 N–H and O–H groups in total. The Labute approximate surface area is 216 Å². The average molecular weight is 522 g/mol. The van der Waals surface area contributed by atoms with Crippen molar-refractivity contribution in [3.05, 3.63) is 72.1 Å². The Kier molecular flexibility index (Phi) is 7.00. The number of sulfonamides is 1. The number of fused-ring (bicyclic) bond motifs is 1. The normalized spacial score (nSPS) is 14.2. The molecule has 0 bridgehead atoms. The highest BCUT2D eigenvalue weighted by atomic mass is 32.2. The Morgan fingerprint density at radius 3 is 2.65 bits per heavy atom.